The summed E-state index contributed by atoms with van der Waals surface area (Å²) in [6, 6.07) is 5.24. The van der Waals surface area contributed by atoms with Crippen molar-refractivity contribution in [3.8, 4) is 5.75 Å². The smallest absolute Gasteiger partial charge is 0.311 e. The van der Waals surface area contributed by atoms with E-state index in [-0.39, 0.29) is 24.3 Å². The number of carboxylic acid groups (broad SMARTS) is 1. The molecule has 20 heavy (non-hydrogen) atoms. The van der Waals surface area contributed by atoms with Gasteiger partial charge in [-0.05, 0) is 25.0 Å². The van der Waals surface area contributed by atoms with Crippen molar-refractivity contribution in [2.75, 3.05) is 0 Å². The molecule has 0 aliphatic rings. The number of carbonyl (C=O) groups is 2. The monoisotopic (exact) mass is 281 g/mol. The van der Waals surface area contributed by atoms with E-state index in [1.165, 1.54) is 24.3 Å². The lowest BCUT2D eigenvalue weighted by Gasteiger charge is -2.03. The molecule has 0 heterocycles. The van der Waals surface area contributed by atoms with Crippen LogP contribution in [0.4, 0.5) is 5.69 Å². The number of unbranched alkanes of at least 4 members (excludes halogenated alkanes) is 2. The molecule has 1 rings (SSSR count). The Bertz CT molecular complexity index is 482. The van der Waals surface area contributed by atoms with Gasteiger partial charge in [0.25, 0.3) is 5.69 Å². The first-order valence-corrected chi connectivity index (χ1v) is 6.16. The molecule has 1 N–H and O–H groups in total. The maximum absolute atomic E-state index is 11.5. The highest BCUT2D eigenvalue weighted by Gasteiger charge is 2.08. The molecule has 7 heteroatoms. The second kappa shape index (κ2) is 7.88. The number of benzene rings is 1. The van der Waals surface area contributed by atoms with Crippen LogP contribution in [-0.2, 0) is 9.59 Å². The van der Waals surface area contributed by atoms with Crippen molar-refractivity contribution >= 4 is 17.6 Å². The van der Waals surface area contributed by atoms with Crippen molar-refractivity contribution in [2.24, 2.45) is 0 Å². The number of nitro groups is 1. The van der Waals surface area contributed by atoms with Gasteiger partial charge in [-0.3, -0.25) is 19.7 Å². The largest absolute Gasteiger partial charge is 0.481 e. The summed E-state index contributed by atoms with van der Waals surface area (Å²) in [7, 11) is 0. The standard InChI is InChI=1S/C13H15NO6/c15-12(16)4-2-1-3-5-13(17)20-11-8-6-10(7-9-11)14(18)19/h6-9H,1-5H2,(H,15,16). The van der Waals surface area contributed by atoms with E-state index in [1.54, 1.807) is 0 Å². The van der Waals surface area contributed by atoms with E-state index in [0.29, 0.717) is 19.3 Å². The van der Waals surface area contributed by atoms with Gasteiger partial charge >= 0.3 is 11.9 Å². The summed E-state index contributed by atoms with van der Waals surface area (Å²) >= 11 is 0. The van der Waals surface area contributed by atoms with Gasteiger partial charge in [-0.25, -0.2) is 0 Å². The average molecular weight is 281 g/mol. The summed E-state index contributed by atoms with van der Waals surface area (Å²) in [6.07, 6.45) is 2.01. The quantitative estimate of drug-likeness (QED) is 0.258. The number of ether oxygens (including phenoxy) is 1. The van der Waals surface area contributed by atoms with Crippen molar-refractivity contribution in [1.29, 1.82) is 0 Å². The molecule has 0 atom stereocenters. The fraction of sp³-hybridized carbons (Fsp3) is 0.385. The van der Waals surface area contributed by atoms with Crippen molar-refractivity contribution in [3.05, 3.63) is 34.4 Å². The van der Waals surface area contributed by atoms with Gasteiger partial charge in [0, 0.05) is 25.0 Å². The predicted molar refractivity (Wildman–Crippen MR) is 69.5 cm³/mol. The zero-order valence-electron chi connectivity index (χ0n) is 10.8. The summed E-state index contributed by atoms with van der Waals surface area (Å²) in [5, 5.41) is 18.9. The lowest BCUT2D eigenvalue weighted by molar-refractivity contribution is -0.384. The van der Waals surface area contributed by atoms with Crippen LogP contribution >= 0.6 is 0 Å². The Kier molecular flexibility index (Phi) is 6.15. The van der Waals surface area contributed by atoms with E-state index >= 15 is 0 Å². The Morgan fingerprint density at radius 3 is 2.25 bits per heavy atom. The lowest BCUT2D eigenvalue weighted by atomic mass is 10.1. The van der Waals surface area contributed by atoms with Crippen LogP contribution in [0.5, 0.6) is 5.75 Å². The SMILES string of the molecule is O=C(O)CCCCCC(=O)Oc1ccc([N+](=O)[O-])cc1. The number of esters is 1. The molecule has 0 aromatic heterocycles. The number of hydrogen-bond acceptors (Lipinski definition) is 5. The third-order valence-corrected chi connectivity index (χ3v) is 2.55. The van der Waals surface area contributed by atoms with E-state index < -0.39 is 16.9 Å². The van der Waals surface area contributed by atoms with Gasteiger partial charge in [0.05, 0.1) is 4.92 Å². The Morgan fingerprint density at radius 2 is 1.70 bits per heavy atom. The molecule has 0 unspecified atom stereocenters. The van der Waals surface area contributed by atoms with Crippen LogP contribution in [0.1, 0.15) is 32.1 Å². The summed E-state index contributed by atoms with van der Waals surface area (Å²) in [5.41, 5.74) is -0.0709. The van der Waals surface area contributed by atoms with Crippen LogP contribution in [0.3, 0.4) is 0 Å². The van der Waals surface area contributed by atoms with E-state index in [2.05, 4.69) is 0 Å². The van der Waals surface area contributed by atoms with Gasteiger partial charge in [-0.2, -0.15) is 0 Å². The first-order valence-electron chi connectivity index (χ1n) is 6.16. The number of carboxylic acids is 1. The molecule has 0 amide bonds. The van der Waals surface area contributed by atoms with Crippen molar-refractivity contribution < 1.29 is 24.4 Å². The average Bonchev–Trinajstić information content (AvgIpc) is 2.38. The zero-order chi connectivity index (χ0) is 15.0. The number of rotatable bonds is 8. The maximum atomic E-state index is 11.5. The molecule has 0 saturated heterocycles. The van der Waals surface area contributed by atoms with Crippen molar-refractivity contribution in [2.45, 2.75) is 32.1 Å². The van der Waals surface area contributed by atoms with Crippen LogP contribution in [0, 0.1) is 10.1 Å². The highest BCUT2D eigenvalue weighted by atomic mass is 16.6. The van der Waals surface area contributed by atoms with Gasteiger partial charge in [-0.1, -0.05) is 6.42 Å². The molecule has 1 aromatic rings. The van der Waals surface area contributed by atoms with Gasteiger partial charge in [0.1, 0.15) is 5.75 Å². The number of non-ortho nitro benzene ring substituents is 1. The Labute approximate surface area is 115 Å². The van der Waals surface area contributed by atoms with Crippen molar-refractivity contribution in [1.82, 2.24) is 0 Å². The summed E-state index contributed by atoms with van der Waals surface area (Å²) in [4.78, 5) is 31.6. The van der Waals surface area contributed by atoms with Gasteiger partial charge < -0.3 is 9.84 Å². The minimum absolute atomic E-state index is 0.0709. The first-order chi connectivity index (χ1) is 9.49. The van der Waals surface area contributed by atoms with Crippen LogP contribution in [0.15, 0.2) is 24.3 Å². The zero-order valence-corrected chi connectivity index (χ0v) is 10.8. The lowest BCUT2D eigenvalue weighted by Crippen LogP contribution is -2.07. The molecule has 0 aliphatic heterocycles. The third kappa shape index (κ3) is 5.94. The number of hydrogen-bond donors (Lipinski definition) is 1. The Morgan fingerprint density at radius 1 is 1.10 bits per heavy atom. The second-order valence-corrected chi connectivity index (χ2v) is 4.18. The molecular weight excluding hydrogens is 266 g/mol. The van der Waals surface area contributed by atoms with E-state index in [4.69, 9.17) is 9.84 Å². The summed E-state index contributed by atoms with van der Waals surface area (Å²) in [6.45, 7) is 0. The molecule has 0 aliphatic carbocycles. The molecule has 1 aromatic carbocycles. The predicted octanol–water partition coefficient (Wildman–Crippen LogP) is 2.54. The fourth-order valence-electron chi connectivity index (χ4n) is 1.54. The van der Waals surface area contributed by atoms with Crippen molar-refractivity contribution in [3.63, 3.8) is 0 Å². The first kappa shape index (κ1) is 15.6. The number of nitro benzene ring substituents is 1. The number of nitrogens with zero attached hydrogens (tertiary/aromatic N) is 1. The van der Waals surface area contributed by atoms with E-state index in [0.717, 1.165) is 0 Å². The summed E-state index contributed by atoms with van der Waals surface area (Å²) in [5.74, 6) is -1.03. The minimum atomic E-state index is -0.849. The molecule has 0 bridgehead atoms. The second-order valence-electron chi connectivity index (χ2n) is 4.18. The highest BCUT2D eigenvalue weighted by Crippen LogP contribution is 2.18. The Hall–Kier alpha value is -2.44. The van der Waals surface area contributed by atoms with Crippen LogP contribution in [-0.4, -0.2) is 22.0 Å². The van der Waals surface area contributed by atoms with Gasteiger partial charge in [0.15, 0.2) is 0 Å². The Balaban J connectivity index is 2.28. The summed E-state index contributed by atoms with van der Waals surface area (Å²) < 4.78 is 5.00. The number of aliphatic carboxylic acids is 1. The van der Waals surface area contributed by atoms with Crippen LogP contribution in [0.25, 0.3) is 0 Å². The molecule has 0 radical (unpaired) electrons. The molecule has 108 valence electrons. The van der Waals surface area contributed by atoms with E-state index in [1.807, 2.05) is 0 Å². The normalized spacial score (nSPS) is 10.0. The molecular formula is C13H15NO6. The molecule has 7 nitrogen and oxygen atoms in total. The van der Waals surface area contributed by atoms with Crippen LogP contribution in [0.2, 0.25) is 0 Å². The molecule has 0 spiro atoms. The van der Waals surface area contributed by atoms with Gasteiger partial charge in [-0.15, -0.1) is 0 Å². The van der Waals surface area contributed by atoms with Gasteiger partial charge in [0.2, 0.25) is 0 Å². The topological polar surface area (TPSA) is 107 Å². The molecule has 0 saturated carbocycles. The van der Waals surface area contributed by atoms with E-state index in [9.17, 15) is 19.7 Å². The third-order valence-electron chi connectivity index (χ3n) is 2.55. The number of carbonyl (C=O) groups excluding carboxylic acids is 1. The highest BCUT2D eigenvalue weighted by molar-refractivity contribution is 5.72. The fourth-order valence-corrected chi connectivity index (χ4v) is 1.54. The minimum Gasteiger partial charge on any atom is -0.481 e. The maximum Gasteiger partial charge on any atom is 0.311 e. The van der Waals surface area contributed by atoms with Crippen LogP contribution < -0.4 is 4.74 Å². The molecule has 0 fully saturated rings.